The van der Waals surface area contributed by atoms with E-state index in [0.29, 0.717) is 13.2 Å². The number of likely N-dealkylation sites (N-methyl/N-ethyl adjacent to an activating group) is 1. The van der Waals surface area contributed by atoms with Crippen molar-refractivity contribution >= 4 is 5.96 Å². The molecule has 1 heterocycles. The first kappa shape index (κ1) is 25.2. The zero-order chi connectivity index (χ0) is 22.5. The number of nitrogens with zero attached hydrogens (tertiary/aromatic N) is 2. The SMILES string of the molecule is CCNC(=NCC(c1ccc(OC)c(OC)c1)N(C)C)NCCCOCC1CCCO1. The number of guanidine groups is 1. The van der Waals surface area contributed by atoms with Gasteiger partial charge in [-0.15, -0.1) is 0 Å². The highest BCUT2D eigenvalue weighted by molar-refractivity contribution is 5.79. The summed E-state index contributed by atoms with van der Waals surface area (Å²) in [4.78, 5) is 6.97. The molecule has 0 bridgehead atoms. The molecule has 0 spiro atoms. The second-order valence-corrected chi connectivity index (χ2v) is 7.80. The monoisotopic (exact) mass is 436 g/mol. The van der Waals surface area contributed by atoms with E-state index in [1.54, 1.807) is 14.2 Å². The maximum atomic E-state index is 5.73. The zero-order valence-corrected chi connectivity index (χ0v) is 19.8. The number of ether oxygens (including phenoxy) is 4. The van der Waals surface area contributed by atoms with Crippen LogP contribution < -0.4 is 20.1 Å². The molecule has 8 nitrogen and oxygen atoms in total. The summed E-state index contributed by atoms with van der Waals surface area (Å²) in [5, 5.41) is 6.72. The summed E-state index contributed by atoms with van der Waals surface area (Å²) in [6, 6.07) is 6.14. The molecule has 8 heteroatoms. The zero-order valence-electron chi connectivity index (χ0n) is 19.8. The average Bonchev–Trinajstić information content (AvgIpc) is 3.29. The van der Waals surface area contributed by atoms with Crippen LogP contribution in [0, 0.1) is 0 Å². The van der Waals surface area contributed by atoms with Crippen molar-refractivity contribution in [3.63, 3.8) is 0 Å². The molecule has 1 aliphatic rings. The number of aliphatic imine (C=N–C) groups is 1. The molecule has 0 aromatic heterocycles. The van der Waals surface area contributed by atoms with Crippen LogP contribution in [0.25, 0.3) is 0 Å². The first-order valence-corrected chi connectivity index (χ1v) is 11.2. The molecule has 0 saturated carbocycles. The molecule has 2 N–H and O–H groups in total. The van der Waals surface area contributed by atoms with E-state index in [4.69, 9.17) is 23.9 Å². The number of methoxy groups -OCH3 is 2. The Kier molecular flexibility index (Phi) is 11.5. The van der Waals surface area contributed by atoms with Crippen molar-refractivity contribution in [3.8, 4) is 11.5 Å². The fraction of sp³-hybridized carbons (Fsp3) is 0.696. The molecule has 2 unspecified atom stereocenters. The maximum absolute atomic E-state index is 5.73. The van der Waals surface area contributed by atoms with Gasteiger partial charge in [-0.3, -0.25) is 4.99 Å². The number of nitrogens with one attached hydrogen (secondary N) is 2. The summed E-state index contributed by atoms with van der Waals surface area (Å²) in [5.41, 5.74) is 1.13. The molecular weight excluding hydrogens is 396 g/mol. The van der Waals surface area contributed by atoms with Crippen molar-refractivity contribution in [2.75, 3.05) is 67.8 Å². The molecule has 1 aromatic rings. The van der Waals surface area contributed by atoms with Crippen molar-refractivity contribution in [3.05, 3.63) is 23.8 Å². The maximum Gasteiger partial charge on any atom is 0.191 e. The fourth-order valence-electron chi connectivity index (χ4n) is 3.52. The van der Waals surface area contributed by atoms with E-state index in [2.05, 4.69) is 42.6 Å². The Labute approximate surface area is 187 Å². The predicted molar refractivity (Wildman–Crippen MR) is 124 cm³/mol. The Hall–Kier alpha value is -2.03. The molecule has 0 amide bonds. The minimum atomic E-state index is 0.116. The normalized spacial score (nSPS) is 17.6. The topological polar surface area (TPSA) is 76.6 Å². The van der Waals surface area contributed by atoms with Gasteiger partial charge < -0.3 is 34.5 Å². The highest BCUT2D eigenvalue weighted by Gasteiger charge is 2.17. The molecule has 2 atom stereocenters. The Morgan fingerprint density at radius 1 is 1.23 bits per heavy atom. The Bertz CT molecular complexity index is 663. The number of hydrogen-bond donors (Lipinski definition) is 2. The number of hydrogen-bond acceptors (Lipinski definition) is 6. The highest BCUT2D eigenvalue weighted by Crippen LogP contribution is 2.31. The van der Waals surface area contributed by atoms with Crippen LogP contribution in [-0.2, 0) is 9.47 Å². The summed E-state index contributed by atoms with van der Waals surface area (Å²) in [6.07, 6.45) is 3.47. The third-order valence-electron chi connectivity index (χ3n) is 5.27. The molecule has 0 aliphatic carbocycles. The first-order chi connectivity index (χ1) is 15.1. The lowest BCUT2D eigenvalue weighted by molar-refractivity contribution is 0.0168. The summed E-state index contributed by atoms with van der Waals surface area (Å²) < 4.78 is 22.1. The third-order valence-corrected chi connectivity index (χ3v) is 5.27. The third kappa shape index (κ3) is 8.55. The minimum Gasteiger partial charge on any atom is -0.493 e. The van der Waals surface area contributed by atoms with Crippen LogP contribution in [0.4, 0.5) is 0 Å². The van der Waals surface area contributed by atoms with Gasteiger partial charge in [-0.2, -0.15) is 0 Å². The Morgan fingerprint density at radius 2 is 2.03 bits per heavy atom. The molecule has 176 valence electrons. The van der Waals surface area contributed by atoms with E-state index in [-0.39, 0.29) is 12.1 Å². The van der Waals surface area contributed by atoms with Gasteiger partial charge in [0.25, 0.3) is 0 Å². The van der Waals surface area contributed by atoms with E-state index < -0.39 is 0 Å². The van der Waals surface area contributed by atoms with Crippen LogP contribution in [0.5, 0.6) is 11.5 Å². The fourth-order valence-corrected chi connectivity index (χ4v) is 3.52. The van der Waals surface area contributed by atoms with Gasteiger partial charge in [0.05, 0.1) is 39.5 Å². The van der Waals surface area contributed by atoms with Crippen molar-refractivity contribution in [2.45, 2.75) is 38.3 Å². The second-order valence-electron chi connectivity index (χ2n) is 7.80. The van der Waals surface area contributed by atoms with Gasteiger partial charge in [0.15, 0.2) is 17.5 Å². The van der Waals surface area contributed by atoms with Gasteiger partial charge in [-0.25, -0.2) is 0 Å². The molecule has 1 aliphatic heterocycles. The molecule has 1 aromatic carbocycles. The quantitative estimate of drug-likeness (QED) is 0.279. The van der Waals surface area contributed by atoms with Crippen LogP contribution >= 0.6 is 0 Å². The van der Waals surface area contributed by atoms with Crippen LogP contribution in [0.3, 0.4) is 0 Å². The van der Waals surface area contributed by atoms with Crippen molar-refractivity contribution in [1.29, 1.82) is 0 Å². The lowest BCUT2D eigenvalue weighted by Crippen LogP contribution is -2.39. The summed E-state index contributed by atoms with van der Waals surface area (Å²) in [7, 11) is 7.42. The van der Waals surface area contributed by atoms with Crippen LogP contribution in [0.1, 0.15) is 37.8 Å². The highest BCUT2D eigenvalue weighted by atomic mass is 16.5. The molecule has 1 saturated heterocycles. The summed E-state index contributed by atoms with van der Waals surface area (Å²) >= 11 is 0. The minimum absolute atomic E-state index is 0.116. The van der Waals surface area contributed by atoms with Crippen molar-refractivity contribution in [2.24, 2.45) is 4.99 Å². The number of benzene rings is 1. The average molecular weight is 437 g/mol. The predicted octanol–water partition coefficient (Wildman–Crippen LogP) is 2.45. The first-order valence-electron chi connectivity index (χ1n) is 11.2. The lowest BCUT2D eigenvalue weighted by Gasteiger charge is -2.24. The summed E-state index contributed by atoms with van der Waals surface area (Å²) in [5.74, 6) is 2.27. The summed E-state index contributed by atoms with van der Waals surface area (Å²) in [6.45, 7) is 6.59. The second kappa shape index (κ2) is 14.1. The van der Waals surface area contributed by atoms with E-state index in [1.807, 2.05) is 12.1 Å². The molecule has 1 fully saturated rings. The van der Waals surface area contributed by atoms with Crippen LogP contribution in [0.2, 0.25) is 0 Å². The molecular formula is C23H40N4O4. The molecule has 31 heavy (non-hydrogen) atoms. The lowest BCUT2D eigenvalue weighted by atomic mass is 10.1. The van der Waals surface area contributed by atoms with Gasteiger partial charge >= 0.3 is 0 Å². The van der Waals surface area contributed by atoms with E-state index in [0.717, 1.165) is 68.6 Å². The van der Waals surface area contributed by atoms with Gasteiger partial charge in [-0.1, -0.05) is 6.07 Å². The number of rotatable bonds is 13. The van der Waals surface area contributed by atoms with E-state index in [9.17, 15) is 0 Å². The van der Waals surface area contributed by atoms with Crippen LogP contribution in [-0.4, -0.2) is 84.7 Å². The molecule has 2 rings (SSSR count). The van der Waals surface area contributed by atoms with E-state index >= 15 is 0 Å². The molecule has 0 radical (unpaired) electrons. The van der Waals surface area contributed by atoms with Gasteiger partial charge in [0.2, 0.25) is 0 Å². The smallest absolute Gasteiger partial charge is 0.191 e. The Morgan fingerprint density at radius 3 is 2.68 bits per heavy atom. The van der Waals surface area contributed by atoms with Gasteiger partial charge in [-0.05, 0) is 58.0 Å². The largest absolute Gasteiger partial charge is 0.493 e. The van der Waals surface area contributed by atoms with Crippen molar-refractivity contribution < 1.29 is 18.9 Å². The van der Waals surface area contributed by atoms with Gasteiger partial charge in [0.1, 0.15) is 0 Å². The van der Waals surface area contributed by atoms with Crippen molar-refractivity contribution in [1.82, 2.24) is 15.5 Å². The van der Waals surface area contributed by atoms with Gasteiger partial charge in [0, 0.05) is 26.3 Å². The van der Waals surface area contributed by atoms with E-state index in [1.165, 1.54) is 0 Å². The Balaban J connectivity index is 1.87. The standard InChI is InChI=1S/C23H40N4O4/c1-6-24-23(25-12-8-13-30-17-19-9-7-14-31-19)26-16-20(27(2)3)18-10-11-21(28-4)22(15-18)29-5/h10-11,15,19-20H,6-9,12-14,16-17H2,1-5H3,(H2,24,25,26). The van der Waals surface area contributed by atoms with Crippen LogP contribution in [0.15, 0.2) is 23.2 Å².